The number of methoxy groups -OCH3 is 1. The molecule has 0 amide bonds. The largest absolute Gasteiger partial charge is 0.489 e. The van der Waals surface area contributed by atoms with Gasteiger partial charge in [-0.15, -0.1) is 0 Å². The molecule has 0 N–H and O–H groups in total. The van der Waals surface area contributed by atoms with Crippen LogP contribution in [0.3, 0.4) is 0 Å². The molecule has 1 aromatic heterocycles. The molecule has 1 heterocycles. The van der Waals surface area contributed by atoms with Crippen LogP contribution in [0.2, 0.25) is 5.02 Å². The molecule has 5 nitrogen and oxygen atoms in total. The zero-order valence-electron chi connectivity index (χ0n) is 13.3. The Kier molecular flexibility index (Phi) is 5.26. The Hall–Kier alpha value is -2.29. The van der Waals surface area contributed by atoms with Crippen LogP contribution >= 0.6 is 11.6 Å². The first kappa shape index (κ1) is 19.0. The number of alkyl halides is 3. The minimum Gasteiger partial charge on any atom is -0.489 e. The second-order valence-corrected chi connectivity index (χ2v) is 5.61. The molecule has 0 aliphatic rings. The number of ether oxygens (including phenoxy) is 2. The highest BCUT2D eigenvalue weighted by atomic mass is 35.5. The van der Waals surface area contributed by atoms with Crippen LogP contribution in [0.1, 0.15) is 19.5 Å². The average molecular weight is 381 g/mol. The summed E-state index contributed by atoms with van der Waals surface area (Å²) < 4.78 is 63.3. The van der Waals surface area contributed by atoms with E-state index in [0.717, 1.165) is 19.2 Å². The molecule has 0 bridgehead atoms. The monoisotopic (exact) mass is 380 g/mol. The first-order chi connectivity index (χ1) is 11.5. The molecule has 0 aliphatic heterocycles. The minimum atomic E-state index is -4.85. The predicted molar refractivity (Wildman–Crippen MR) is 82.1 cm³/mol. The molecule has 0 aliphatic carbocycles. The summed E-state index contributed by atoms with van der Waals surface area (Å²) >= 11 is 5.88. The number of halogens is 5. The molecular formula is C15H13ClF4N2O3. The molecule has 0 saturated carbocycles. The molecule has 0 atom stereocenters. The maximum Gasteiger partial charge on any atom is 0.433 e. The second kappa shape index (κ2) is 6.91. The van der Waals surface area contributed by atoms with Gasteiger partial charge in [-0.1, -0.05) is 11.6 Å². The summed E-state index contributed by atoms with van der Waals surface area (Å²) in [6, 6.07) is 1.50. The zero-order chi connectivity index (χ0) is 18.9. The molecule has 0 radical (unpaired) electrons. The summed E-state index contributed by atoms with van der Waals surface area (Å²) in [5, 5.41) is -0.0539. The molecule has 10 heteroatoms. The van der Waals surface area contributed by atoms with Crippen molar-refractivity contribution in [3.8, 4) is 17.4 Å². The maximum atomic E-state index is 14.3. The topological polar surface area (TPSA) is 53.3 Å². The maximum absolute atomic E-state index is 14.3. The Balaban J connectivity index is 2.72. The fourth-order valence-electron chi connectivity index (χ4n) is 2.00. The number of rotatable bonds is 4. The second-order valence-electron chi connectivity index (χ2n) is 5.20. The Bertz CT molecular complexity index is 850. The first-order valence-corrected chi connectivity index (χ1v) is 7.33. The van der Waals surface area contributed by atoms with Gasteiger partial charge in [0.25, 0.3) is 5.56 Å². The van der Waals surface area contributed by atoms with Gasteiger partial charge in [0.05, 0.1) is 23.9 Å². The zero-order valence-corrected chi connectivity index (χ0v) is 14.1. The Morgan fingerprint density at radius 1 is 1.24 bits per heavy atom. The summed E-state index contributed by atoms with van der Waals surface area (Å²) in [6.07, 6.45) is -5.16. The van der Waals surface area contributed by atoms with Crippen LogP contribution in [0.15, 0.2) is 23.0 Å². The van der Waals surface area contributed by atoms with Crippen molar-refractivity contribution >= 4 is 11.6 Å². The lowest BCUT2D eigenvalue weighted by Crippen LogP contribution is -2.25. The summed E-state index contributed by atoms with van der Waals surface area (Å²) in [6.45, 7) is 3.40. The van der Waals surface area contributed by atoms with Crippen LogP contribution in [0.4, 0.5) is 17.6 Å². The van der Waals surface area contributed by atoms with Crippen LogP contribution in [-0.2, 0) is 6.18 Å². The average Bonchev–Trinajstić information content (AvgIpc) is 2.48. The molecule has 0 fully saturated rings. The third-order valence-corrected chi connectivity index (χ3v) is 3.26. The Labute approximate surface area is 144 Å². The van der Waals surface area contributed by atoms with Crippen molar-refractivity contribution < 1.29 is 27.0 Å². The summed E-state index contributed by atoms with van der Waals surface area (Å²) in [4.78, 5) is 15.4. The van der Waals surface area contributed by atoms with E-state index >= 15 is 0 Å². The third kappa shape index (κ3) is 4.04. The number of hydrogen-bond donors (Lipinski definition) is 0. The van der Waals surface area contributed by atoms with Crippen molar-refractivity contribution in [1.29, 1.82) is 0 Å². The van der Waals surface area contributed by atoms with E-state index in [1.165, 1.54) is 0 Å². The minimum absolute atomic E-state index is 0.0539. The van der Waals surface area contributed by atoms with Gasteiger partial charge in [-0.2, -0.15) is 18.2 Å². The number of hydrogen-bond acceptors (Lipinski definition) is 4. The molecule has 25 heavy (non-hydrogen) atoms. The highest BCUT2D eigenvalue weighted by Gasteiger charge is 2.35. The molecule has 0 unspecified atom stereocenters. The summed E-state index contributed by atoms with van der Waals surface area (Å²) in [5.41, 5.74) is -3.02. The van der Waals surface area contributed by atoms with E-state index in [0.29, 0.717) is 4.57 Å². The van der Waals surface area contributed by atoms with Crippen molar-refractivity contribution in [3.05, 3.63) is 45.1 Å². The third-order valence-electron chi connectivity index (χ3n) is 2.97. The standard InChI is InChI=1S/C15H13ClF4N2O3/c1-7(2)25-11-5-10(9(17)4-8(11)16)22-13(23)6-12(15(18,19)20)21-14(22)24-3/h4-7H,1-3H3. The number of nitrogens with zero attached hydrogens (tertiary/aromatic N) is 2. The molecule has 2 rings (SSSR count). The van der Waals surface area contributed by atoms with E-state index in [4.69, 9.17) is 21.1 Å². The quantitative estimate of drug-likeness (QED) is 0.756. The van der Waals surface area contributed by atoms with Crippen LogP contribution in [0.25, 0.3) is 5.69 Å². The number of aromatic nitrogens is 2. The van der Waals surface area contributed by atoms with Crippen LogP contribution in [0.5, 0.6) is 11.8 Å². The Morgan fingerprint density at radius 2 is 1.88 bits per heavy atom. The normalized spacial score (nSPS) is 11.7. The molecule has 2 aromatic rings. The van der Waals surface area contributed by atoms with Gasteiger partial charge in [0.15, 0.2) is 5.69 Å². The molecule has 0 spiro atoms. The smallest absolute Gasteiger partial charge is 0.433 e. The van der Waals surface area contributed by atoms with E-state index < -0.39 is 34.9 Å². The van der Waals surface area contributed by atoms with Gasteiger partial charge in [-0.25, -0.2) is 8.96 Å². The summed E-state index contributed by atoms with van der Waals surface area (Å²) in [7, 11) is 1.01. The molecule has 136 valence electrons. The van der Waals surface area contributed by atoms with Gasteiger partial charge in [-0.05, 0) is 19.9 Å². The van der Waals surface area contributed by atoms with E-state index in [9.17, 15) is 22.4 Å². The fraction of sp³-hybridized carbons (Fsp3) is 0.333. The van der Waals surface area contributed by atoms with Crippen molar-refractivity contribution in [2.24, 2.45) is 0 Å². The SMILES string of the molecule is COc1nc(C(F)(F)F)cc(=O)n1-c1cc(OC(C)C)c(Cl)cc1F. The molecular weight excluding hydrogens is 368 g/mol. The molecule has 1 aromatic carbocycles. The molecule has 0 saturated heterocycles. The van der Waals surface area contributed by atoms with Crippen LogP contribution in [-0.4, -0.2) is 22.8 Å². The number of benzene rings is 1. The van der Waals surface area contributed by atoms with Crippen molar-refractivity contribution in [1.82, 2.24) is 9.55 Å². The van der Waals surface area contributed by atoms with Gasteiger partial charge in [0.2, 0.25) is 0 Å². The van der Waals surface area contributed by atoms with E-state index in [-0.39, 0.29) is 22.9 Å². The lowest BCUT2D eigenvalue weighted by atomic mass is 10.2. The van der Waals surface area contributed by atoms with Gasteiger partial charge >= 0.3 is 12.2 Å². The van der Waals surface area contributed by atoms with Crippen molar-refractivity contribution in [2.45, 2.75) is 26.1 Å². The van der Waals surface area contributed by atoms with Crippen LogP contribution < -0.4 is 15.0 Å². The summed E-state index contributed by atoms with van der Waals surface area (Å²) in [5.74, 6) is -0.898. The van der Waals surface area contributed by atoms with Crippen molar-refractivity contribution in [3.63, 3.8) is 0 Å². The van der Waals surface area contributed by atoms with E-state index in [2.05, 4.69) is 4.98 Å². The first-order valence-electron chi connectivity index (χ1n) is 6.96. The lowest BCUT2D eigenvalue weighted by molar-refractivity contribution is -0.141. The lowest BCUT2D eigenvalue weighted by Gasteiger charge is -2.16. The van der Waals surface area contributed by atoms with Gasteiger partial charge < -0.3 is 9.47 Å². The van der Waals surface area contributed by atoms with Gasteiger partial charge in [0.1, 0.15) is 11.6 Å². The van der Waals surface area contributed by atoms with Gasteiger partial charge in [0, 0.05) is 12.1 Å². The highest BCUT2D eigenvalue weighted by Crippen LogP contribution is 2.32. The van der Waals surface area contributed by atoms with E-state index in [1.807, 2.05) is 0 Å². The predicted octanol–water partition coefficient (Wildman–Crippen LogP) is 3.84. The fourth-order valence-corrected chi connectivity index (χ4v) is 2.19. The Morgan fingerprint density at radius 3 is 2.40 bits per heavy atom. The van der Waals surface area contributed by atoms with Crippen LogP contribution in [0, 0.1) is 5.82 Å². The van der Waals surface area contributed by atoms with E-state index in [1.54, 1.807) is 13.8 Å². The highest BCUT2D eigenvalue weighted by molar-refractivity contribution is 6.32. The van der Waals surface area contributed by atoms with Crippen molar-refractivity contribution in [2.75, 3.05) is 7.11 Å². The van der Waals surface area contributed by atoms with Gasteiger partial charge in [-0.3, -0.25) is 4.79 Å².